The summed E-state index contributed by atoms with van der Waals surface area (Å²) in [6.07, 6.45) is 0. The van der Waals surface area contributed by atoms with Gasteiger partial charge < -0.3 is 15.2 Å². The molecule has 0 aliphatic heterocycles. The monoisotopic (exact) mass is 425 g/mol. The molecule has 7 heteroatoms. The van der Waals surface area contributed by atoms with Crippen molar-refractivity contribution >= 4 is 38.2 Å². The topological polar surface area (TPSA) is 65.2 Å². The Morgan fingerprint density at radius 2 is 1.92 bits per heavy atom. The Labute approximate surface area is 160 Å². The summed E-state index contributed by atoms with van der Waals surface area (Å²) >= 11 is 5.09. The van der Waals surface area contributed by atoms with Crippen molar-refractivity contribution in [3.05, 3.63) is 48.2 Å². The van der Waals surface area contributed by atoms with Crippen molar-refractivity contribution < 1.29 is 4.79 Å². The average molecular weight is 426 g/mol. The van der Waals surface area contributed by atoms with Gasteiger partial charge in [0.05, 0.1) is 14.4 Å². The average Bonchev–Trinajstić information content (AvgIpc) is 2.82. The molecule has 0 saturated heterocycles. The molecule has 0 aliphatic rings. The fourth-order valence-corrected chi connectivity index (χ4v) is 4.99. The summed E-state index contributed by atoms with van der Waals surface area (Å²) in [5.41, 5.74) is 3.75. The largest absolute Gasteiger partial charge is 0.364 e. The molecular formula is C18H24BrN3O2S. The number of hydrogen-bond donors (Lipinski definition) is 2. The molecule has 0 saturated carbocycles. The van der Waals surface area contributed by atoms with Crippen molar-refractivity contribution in [2.75, 3.05) is 18.0 Å². The summed E-state index contributed by atoms with van der Waals surface area (Å²) in [4.78, 5) is 29.8. The highest BCUT2D eigenvalue weighted by atomic mass is 79.9. The first kappa shape index (κ1) is 19.7. The maximum Gasteiger partial charge on any atom is 0.253 e. The maximum absolute atomic E-state index is 12.7. The number of pyridine rings is 1. The minimum Gasteiger partial charge on any atom is -0.364 e. The van der Waals surface area contributed by atoms with Gasteiger partial charge in [-0.15, -0.1) is 11.3 Å². The second kappa shape index (κ2) is 8.19. The van der Waals surface area contributed by atoms with E-state index in [-0.39, 0.29) is 18.0 Å². The zero-order valence-corrected chi connectivity index (χ0v) is 17.7. The van der Waals surface area contributed by atoms with Crippen LogP contribution in [0.2, 0.25) is 0 Å². The van der Waals surface area contributed by atoms with Crippen LogP contribution >= 0.6 is 27.3 Å². The zero-order valence-electron chi connectivity index (χ0n) is 15.2. The van der Waals surface area contributed by atoms with Crippen molar-refractivity contribution in [3.63, 3.8) is 0 Å². The number of carbonyl (C=O) groups excluding carboxylic acids is 1. The number of rotatable bonds is 6. The molecule has 0 aromatic carbocycles. The van der Waals surface area contributed by atoms with E-state index in [0.29, 0.717) is 11.1 Å². The van der Waals surface area contributed by atoms with Gasteiger partial charge in [0.15, 0.2) is 0 Å². The second-order valence-electron chi connectivity index (χ2n) is 5.98. The first-order valence-corrected chi connectivity index (χ1v) is 9.92. The molecule has 0 unspecified atom stereocenters. The van der Waals surface area contributed by atoms with Gasteiger partial charge >= 0.3 is 0 Å². The van der Waals surface area contributed by atoms with E-state index in [9.17, 15) is 9.59 Å². The Hall–Kier alpha value is -1.60. The molecule has 5 nitrogen and oxygen atoms in total. The summed E-state index contributed by atoms with van der Waals surface area (Å²) in [5, 5.41) is 3.99. The van der Waals surface area contributed by atoms with Crippen LogP contribution in [-0.4, -0.2) is 24.0 Å². The van der Waals surface area contributed by atoms with Gasteiger partial charge in [-0.1, -0.05) is 0 Å². The Balaban J connectivity index is 2.24. The highest BCUT2D eigenvalue weighted by molar-refractivity contribution is 9.11. The third-order valence-corrected chi connectivity index (χ3v) is 6.30. The number of aromatic nitrogens is 1. The van der Waals surface area contributed by atoms with Gasteiger partial charge in [0.1, 0.15) is 0 Å². The number of carbonyl (C=O) groups is 1. The van der Waals surface area contributed by atoms with Crippen LogP contribution in [0.5, 0.6) is 0 Å². The van der Waals surface area contributed by atoms with Crippen LogP contribution < -0.4 is 15.8 Å². The molecular weight excluding hydrogens is 402 g/mol. The van der Waals surface area contributed by atoms with Gasteiger partial charge in [-0.05, 0) is 67.7 Å². The van der Waals surface area contributed by atoms with E-state index < -0.39 is 0 Å². The van der Waals surface area contributed by atoms with E-state index in [0.717, 1.165) is 38.7 Å². The molecule has 0 bridgehead atoms. The Morgan fingerprint density at radius 3 is 2.48 bits per heavy atom. The minimum absolute atomic E-state index is 0.150. The fraction of sp³-hybridized carbons (Fsp3) is 0.444. The van der Waals surface area contributed by atoms with Crippen LogP contribution in [0.25, 0.3) is 0 Å². The third kappa shape index (κ3) is 4.15. The maximum atomic E-state index is 12.7. The number of nitrogens with zero attached hydrogens (tertiary/aromatic N) is 1. The molecule has 136 valence electrons. The zero-order chi connectivity index (χ0) is 18.7. The lowest BCUT2D eigenvalue weighted by molar-refractivity contribution is 0.0950. The molecule has 0 fully saturated rings. The van der Waals surface area contributed by atoms with E-state index in [1.807, 2.05) is 26.8 Å². The third-order valence-electron chi connectivity index (χ3n) is 4.28. The fourth-order valence-electron chi connectivity index (χ4n) is 2.90. The van der Waals surface area contributed by atoms with Gasteiger partial charge in [0.25, 0.3) is 11.5 Å². The lowest BCUT2D eigenvalue weighted by Crippen LogP contribution is -2.28. The van der Waals surface area contributed by atoms with Crippen LogP contribution in [0, 0.1) is 20.8 Å². The van der Waals surface area contributed by atoms with E-state index in [4.69, 9.17) is 0 Å². The second-order valence-corrected chi connectivity index (χ2v) is 8.30. The molecule has 2 aromatic heterocycles. The van der Waals surface area contributed by atoms with Crippen LogP contribution in [0.1, 0.15) is 46.6 Å². The van der Waals surface area contributed by atoms with Crippen LogP contribution in [0.4, 0.5) is 5.00 Å². The normalized spacial score (nSPS) is 10.8. The van der Waals surface area contributed by atoms with E-state index in [1.54, 1.807) is 11.3 Å². The van der Waals surface area contributed by atoms with E-state index >= 15 is 0 Å². The lowest BCUT2D eigenvalue weighted by Gasteiger charge is -2.20. The Kier molecular flexibility index (Phi) is 6.46. The van der Waals surface area contributed by atoms with Crippen molar-refractivity contribution in [1.82, 2.24) is 10.3 Å². The summed E-state index contributed by atoms with van der Waals surface area (Å²) < 4.78 is 0.818. The van der Waals surface area contributed by atoms with Gasteiger partial charge in [0, 0.05) is 30.9 Å². The molecule has 25 heavy (non-hydrogen) atoms. The highest BCUT2D eigenvalue weighted by Crippen LogP contribution is 2.39. The summed E-state index contributed by atoms with van der Waals surface area (Å²) in [6, 6.07) is 1.91. The first-order valence-electron chi connectivity index (χ1n) is 8.31. The molecule has 0 spiro atoms. The Morgan fingerprint density at radius 1 is 1.28 bits per heavy atom. The predicted molar refractivity (Wildman–Crippen MR) is 108 cm³/mol. The molecule has 2 heterocycles. The minimum atomic E-state index is -0.168. The van der Waals surface area contributed by atoms with Gasteiger partial charge in [0.2, 0.25) is 0 Å². The number of hydrogen-bond acceptors (Lipinski definition) is 4. The summed E-state index contributed by atoms with van der Waals surface area (Å²) in [7, 11) is 0. The molecule has 0 radical (unpaired) electrons. The predicted octanol–water partition coefficient (Wildman–Crippen LogP) is 3.90. The molecule has 1 amide bonds. The van der Waals surface area contributed by atoms with Crippen LogP contribution in [0.15, 0.2) is 14.6 Å². The summed E-state index contributed by atoms with van der Waals surface area (Å²) in [6.45, 7) is 11.9. The standard InChI is InChI=1S/C18H24BrN3O2S/c1-6-22(7-2)18-12(5)14(15(19)25-18)17(24)20-9-13-10(3)8-11(4)21-16(13)23/h8H,6-7,9H2,1-5H3,(H,20,24)(H,21,23). The summed E-state index contributed by atoms with van der Waals surface area (Å²) in [5.74, 6) is -0.168. The quantitative estimate of drug-likeness (QED) is 0.737. The first-order chi connectivity index (χ1) is 11.8. The number of halogens is 1. The molecule has 2 N–H and O–H groups in total. The highest BCUT2D eigenvalue weighted by Gasteiger charge is 2.22. The number of H-pyrrole nitrogens is 1. The molecule has 2 aromatic rings. The smallest absolute Gasteiger partial charge is 0.253 e. The van der Waals surface area contributed by atoms with Crippen molar-refractivity contribution in [2.24, 2.45) is 0 Å². The van der Waals surface area contributed by atoms with Crippen molar-refractivity contribution in [3.8, 4) is 0 Å². The van der Waals surface area contributed by atoms with Crippen molar-refractivity contribution in [2.45, 2.75) is 41.2 Å². The van der Waals surface area contributed by atoms with E-state index in [1.165, 1.54) is 0 Å². The number of anilines is 1. The van der Waals surface area contributed by atoms with Gasteiger partial charge in [-0.3, -0.25) is 9.59 Å². The number of nitrogens with one attached hydrogen (secondary N) is 2. The number of aryl methyl sites for hydroxylation is 2. The Bertz CT molecular complexity index is 838. The van der Waals surface area contributed by atoms with Crippen LogP contribution in [-0.2, 0) is 6.54 Å². The molecule has 2 rings (SSSR count). The van der Waals surface area contributed by atoms with Crippen molar-refractivity contribution in [1.29, 1.82) is 0 Å². The number of thiophene rings is 1. The van der Waals surface area contributed by atoms with Gasteiger partial charge in [-0.2, -0.15) is 0 Å². The molecule has 0 atom stereocenters. The lowest BCUT2D eigenvalue weighted by atomic mass is 10.1. The number of aromatic amines is 1. The number of amides is 1. The van der Waals surface area contributed by atoms with E-state index in [2.05, 4.69) is 45.0 Å². The van der Waals surface area contributed by atoms with Gasteiger partial charge in [-0.25, -0.2) is 0 Å². The van der Waals surface area contributed by atoms with Crippen LogP contribution in [0.3, 0.4) is 0 Å². The molecule has 0 aliphatic carbocycles. The SMILES string of the molecule is CCN(CC)c1sc(Br)c(C(=O)NCc2c(C)cc(C)[nH]c2=O)c1C.